The molecule has 15 heterocycles. The van der Waals surface area contributed by atoms with Gasteiger partial charge in [-0.15, -0.1) is 15.3 Å². The number of hydrogen-bond donors (Lipinski definition) is 3. The number of pyridine rings is 3. The first-order valence-electron chi connectivity index (χ1n) is 42.3. The van der Waals surface area contributed by atoms with Crippen molar-refractivity contribution in [1.82, 2.24) is 87.8 Å². The van der Waals surface area contributed by atoms with Crippen LogP contribution < -0.4 is 43.1 Å². The number of rotatable bonds is 15. The monoisotopic (exact) mass is 1700 g/mol. The summed E-state index contributed by atoms with van der Waals surface area (Å²) in [5.74, 6) is 3.52. The van der Waals surface area contributed by atoms with Crippen molar-refractivity contribution in [2.75, 3.05) is 54.2 Å². The van der Waals surface area contributed by atoms with E-state index in [0.29, 0.717) is 126 Å². The Bertz CT molecular complexity index is 5110. The van der Waals surface area contributed by atoms with E-state index in [1.807, 2.05) is 0 Å². The average Bonchev–Trinajstić information content (AvgIpc) is 1.58. The molecule has 33 nitrogen and oxygen atoms in total. The van der Waals surface area contributed by atoms with Crippen molar-refractivity contribution in [3.8, 4) is 35.1 Å². The van der Waals surface area contributed by atoms with Gasteiger partial charge >= 0.3 is 0 Å². The van der Waals surface area contributed by atoms with Gasteiger partial charge in [-0.3, -0.25) is 28.4 Å². The van der Waals surface area contributed by atoms with Crippen LogP contribution in [0.1, 0.15) is 228 Å². The summed E-state index contributed by atoms with van der Waals surface area (Å²) < 4.78 is 112. The number of aromatic nitrogens is 15. The lowest BCUT2D eigenvalue weighted by atomic mass is 9.93. The van der Waals surface area contributed by atoms with E-state index >= 15 is 0 Å². The van der Waals surface area contributed by atoms with E-state index < -0.39 is 47.8 Å². The molecule has 9 aromatic heterocycles. The molecule has 3 amide bonds. The van der Waals surface area contributed by atoms with Crippen molar-refractivity contribution in [3.05, 3.63) is 127 Å². The summed E-state index contributed by atoms with van der Waals surface area (Å²) in [6, 6.07) is 19.6. The van der Waals surface area contributed by atoms with E-state index in [2.05, 4.69) is 122 Å². The van der Waals surface area contributed by atoms with Crippen LogP contribution in [0.25, 0.3) is 17.5 Å². The number of aryl methyl sites for hydroxylation is 3. The van der Waals surface area contributed by atoms with Crippen molar-refractivity contribution < 1.29 is 53.8 Å². The highest BCUT2D eigenvalue weighted by atomic mass is 32.2. The quantitative estimate of drug-likeness (QED) is 0.0858. The highest BCUT2D eigenvalue weighted by molar-refractivity contribution is 7.90. The Morgan fingerprint density at radius 2 is 0.633 bits per heavy atom. The number of nitrogens with zero attached hydrogens (tertiary/aromatic N) is 18. The van der Waals surface area contributed by atoms with Gasteiger partial charge in [0.2, 0.25) is 17.6 Å². The molecule has 3 atom stereocenters. The second-order valence-corrected chi connectivity index (χ2v) is 42.1. The van der Waals surface area contributed by atoms with Gasteiger partial charge in [0.05, 0.1) is 36.5 Å². The molecule has 18 rings (SSSR count). The maximum Gasteiger partial charge on any atom is 0.283 e. The molecule has 3 aliphatic carbocycles. The van der Waals surface area contributed by atoms with Crippen LogP contribution in [0.3, 0.4) is 0 Å². The SMILES string of the molecule is CC1(CCOc2ccn(-c3ccc4c(n3)N3CC(CCCCn5ccc(n5)S(=O)(=O)NC4=O)CC3(C)C)n2)CC1.CC1(CCOc2ccn(-c3ccc4c(n3)N3CC(CCCCn5ccc(n5)S(=O)(=O)NC4=O)CC3(C)C)n2)CC1.CC1(CCOc2ccn(-c3ccc4c(n3)N3CC(CCCCn5ccc(n5)S(=O)(=O)NC4=O)CC3(C)C)n2)CC1. The summed E-state index contributed by atoms with van der Waals surface area (Å²) in [6.07, 6.45) is 32.4. The van der Waals surface area contributed by atoms with Crippen LogP contribution >= 0.6 is 0 Å². The molecule has 0 aromatic carbocycles. The zero-order valence-electron chi connectivity index (χ0n) is 70.0. The van der Waals surface area contributed by atoms with E-state index in [0.717, 1.165) is 116 Å². The molecule has 36 heteroatoms. The number of anilines is 3. The van der Waals surface area contributed by atoms with Crippen LogP contribution in [0.15, 0.2) is 125 Å². The van der Waals surface area contributed by atoms with Crippen LogP contribution in [-0.4, -0.2) is 173 Å². The minimum Gasteiger partial charge on any atom is -0.477 e. The Hall–Kier alpha value is -10.2. The predicted molar refractivity (Wildman–Crippen MR) is 447 cm³/mol. The molecule has 3 unspecified atom stereocenters. The second-order valence-electron chi connectivity index (χ2n) is 37.2. The zero-order valence-corrected chi connectivity index (χ0v) is 72.5. The summed E-state index contributed by atoms with van der Waals surface area (Å²) in [7, 11) is -12.5. The molecular formula is C84H111N21O12S3. The molecule has 6 fully saturated rings. The summed E-state index contributed by atoms with van der Waals surface area (Å²) in [6.45, 7) is 25.6. The summed E-state index contributed by atoms with van der Waals surface area (Å²) in [4.78, 5) is 61.6. The lowest BCUT2D eigenvalue weighted by Gasteiger charge is -2.34. The molecule has 9 aromatic rings. The number of sulfonamides is 3. The van der Waals surface area contributed by atoms with Gasteiger partial charge in [0, 0.05) is 111 Å². The predicted octanol–water partition coefficient (Wildman–Crippen LogP) is 11.8. The van der Waals surface area contributed by atoms with Gasteiger partial charge in [-0.25, -0.2) is 43.2 Å². The second kappa shape index (κ2) is 32.6. The standard InChI is InChI=1S/3C28H37N7O4S/c3*1-27(2)18-20-6-4-5-14-33-15-10-24(31-33)40(37,38)32-26(36)21-7-8-22(29-25(21)34(27)19-20)35-16-9-23(30-35)39-17-13-28(3)11-12-28/h3*7-10,15-16,20H,4-6,11-14,17-19H2,1-3H3,(H,32,36). The molecule has 3 N–H and O–H groups in total. The smallest absolute Gasteiger partial charge is 0.283 e. The Morgan fingerprint density at radius 1 is 0.358 bits per heavy atom. The number of carbonyl (C=O) groups excluding carboxylic acids is 3. The first kappa shape index (κ1) is 83.4. The number of fused-ring (bicyclic) bond motifs is 18. The first-order chi connectivity index (χ1) is 57.0. The minimum atomic E-state index is -4.16. The molecule has 9 aliphatic rings. The fourth-order valence-electron chi connectivity index (χ4n) is 17.5. The maximum atomic E-state index is 13.5. The van der Waals surface area contributed by atoms with E-state index in [9.17, 15) is 39.6 Å². The Morgan fingerprint density at radius 3 is 0.900 bits per heavy atom. The van der Waals surface area contributed by atoms with Gasteiger partial charge < -0.3 is 28.9 Å². The molecular weight excluding hydrogens is 1590 g/mol. The van der Waals surface area contributed by atoms with E-state index in [1.54, 1.807) is 120 Å². The van der Waals surface area contributed by atoms with Gasteiger partial charge in [0.1, 0.15) is 17.5 Å². The normalized spacial score (nSPS) is 23.0. The molecule has 3 saturated carbocycles. The summed E-state index contributed by atoms with van der Waals surface area (Å²) in [5, 5.41) is 25.7. The third-order valence-corrected chi connectivity index (χ3v) is 29.3. The van der Waals surface area contributed by atoms with Crippen LogP contribution in [0.5, 0.6) is 17.6 Å². The number of nitrogens with one attached hydrogen (secondary N) is 3. The first-order valence-corrected chi connectivity index (χ1v) is 46.7. The van der Waals surface area contributed by atoms with Gasteiger partial charge in [0.25, 0.3) is 47.8 Å². The molecule has 12 bridgehead atoms. The van der Waals surface area contributed by atoms with Crippen LogP contribution in [0, 0.1) is 34.0 Å². The largest absolute Gasteiger partial charge is 0.477 e. The fourth-order valence-corrected chi connectivity index (χ4v) is 20.2. The lowest BCUT2D eigenvalue weighted by Crippen LogP contribution is -2.41. The third kappa shape index (κ3) is 19.1. The van der Waals surface area contributed by atoms with Crippen molar-refractivity contribution >= 4 is 65.2 Å². The summed E-state index contributed by atoms with van der Waals surface area (Å²) >= 11 is 0. The number of amides is 3. The van der Waals surface area contributed by atoms with Crippen LogP contribution in [0.4, 0.5) is 17.5 Å². The van der Waals surface area contributed by atoms with Crippen molar-refractivity contribution in [1.29, 1.82) is 0 Å². The molecule has 0 spiro atoms. The number of ether oxygens (including phenoxy) is 3. The Labute approximate surface area is 701 Å². The van der Waals surface area contributed by atoms with Crippen molar-refractivity contribution in [3.63, 3.8) is 0 Å². The maximum absolute atomic E-state index is 13.5. The van der Waals surface area contributed by atoms with Gasteiger partial charge in [-0.05, 0) is 246 Å². The number of carbonyl (C=O) groups is 3. The zero-order chi connectivity index (χ0) is 84.4. The third-order valence-electron chi connectivity index (χ3n) is 25.6. The van der Waals surface area contributed by atoms with E-state index in [-0.39, 0.29) is 48.4 Å². The van der Waals surface area contributed by atoms with Gasteiger partial charge in [-0.1, -0.05) is 40.0 Å². The van der Waals surface area contributed by atoms with Gasteiger partial charge in [-0.2, -0.15) is 40.5 Å². The van der Waals surface area contributed by atoms with Crippen molar-refractivity contribution in [2.24, 2.45) is 34.0 Å². The Balaban J connectivity index is 0.000000134. The molecule has 120 heavy (non-hydrogen) atoms. The molecule has 6 aliphatic heterocycles. The summed E-state index contributed by atoms with van der Waals surface area (Å²) in [5.41, 5.74) is 0.972. The van der Waals surface area contributed by atoms with E-state index in [1.165, 1.54) is 56.7 Å². The molecule has 642 valence electrons. The van der Waals surface area contributed by atoms with Gasteiger partial charge in [0.15, 0.2) is 32.5 Å². The van der Waals surface area contributed by atoms with E-state index in [4.69, 9.17) is 29.2 Å². The van der Waals surface area contributed by atoms with Crippen LogP contribution in [-0.2, 0) is 49.7 Å². The Kier molecular flexibility index (Phi) is 22.7. The average molecular weight is 1700 g/mol. The van der Waals surface area contributed by atoms with Crippen LogP contribution in [0.2, 0.25) is 0 Å². The topological polar surface area (TPSA) is 373 Å². The molecule has 0 radical (unpaired) electrons. The van der Waals surface area contributed by atoms with Crippen molar-refractivity contribution in [2.45, 2.75) is 248 Å². The highest BCUT2D eigenvalue weighted by Crippen LogP contribution is 2.50. The molecule has 3 saturated heterocycles. The lowest BCUT2D eigenvalue weighted by molar-refractivity contribution is 0.0972. The number of hydrogen-bond acceptors (Lipinski definition) is 24. The minimum absolute atomic E-state index is 0.177. The fraction of sp³-hybridized carbons (Fsp3) is 0.571. The highest BCUT2D eigenvalue weighted by Gasteiger charge is 2.46.